The van der Waals surface area contributed by atoms with Gasteiger partial charge in [-0.15, -0.1) is 11.6 Å². The maximum absolute atomic E-state index is 12.4. The third-order valence-electron chi connectivity index (χ3n) is 2.28. The van der Waals surface area contributed by atoms with E-state index in [-0.39, 0.29) is 17.3 Å². The molecule has 0 spiro atoms. The van der Waals surface area contributed by atoms with Crippen molar-refractivity contribution in [2.45, 2.75) is 18.2 Å². The molecule has 0 saturated heterocycles. The van der Waals surface area contributed by atoms with Gasteiger partial charge in [-0.05, 0) is 24.6 Å². The van der Waals surface area contributed by atoms with E-state index in [9.17, 15) is 8.42 Å². The molecule has 0 aliphatic heterocycles. The molecule has 7 heteroatoms. The van der Waals surface area contributed by atoms with E-state index in [0.29, 0.717) is 23.0 Å². The van der Waals surface area contributed by atoms with Gasteiger partial charge in [0.05, 0.1) is 4.90 Å². The van der Waals surface area contributed by atoms with E-state index < -0.39 is 10.0 Å². The van der Waals surface area contributed by atoms with Gasteiger partial charge in [0.1, 0.15) is 0 Å². The Kier molecular flexibility index (Phi) is 6.21. The van der Waals surface area contributed by atoms with Gasteiger partial charge < -0.3 is 0 Å². The Morgan fingerprint density at radius 3 is 2.11 bits per heavy atom. The van der Waals surface area contributed by atoms with E-state index in [1.165, 1.54) is 22.5 Å². The second kappa shape index (κ2) is 6.96. The third kappa shape index (κ3) is 4.00. The van der Waals surface area contributed by atoms with Gasteiger partial charge in [0.2, 0.25) is 10.0 Å². The van der Waals surface area contributed by atoms with Crippen LogP contribution in [0.1, 0.15) is 13.3 Å². The highest BCUT2D eigenvalue weighted by atomic mass is 35.5. The molecule has 0 N–H and O–H groups in total. The van der Waals surface area contributed by atoms with Crippen molar-refractivity contribution in [2.75, 3.05) is 19.0 Å². The molecule has 0 aromatic heterocycles. The molecule has 3 nitrogen and oxygen atoms in total. The van der Waals surface area contributed by atoms with Crippen molar-refractivity contribution in [3.63, 3.8) is 0 Å². The summed E-state index contributed by atoms with van der Waals surface area (Å²) >= 11 is 17.3. The molecule has 0 radical (unpaired) electrons. The van der Waals surface area contributed by atoms with Crippen LogP contribution in [0.25, 0.3) is 0 Å². The van der Waals surface area contributed by atoms with E-state index in [1.807, 2.05) is 6.92 Å². The first kappa shape index (κ1) is 16.1. The van der Waals surface area contributed by atoms with Gasteiger partial charge in [-0.3, -0.25) is 0 Å². The molecule has 1 aromatic rings. The van der Waals surface area contributed by atoms with Crippen LogP contribution in [0.5, 0.6) is 0 Å². The lowest BCUT2D eigenvalue weighted by Gasteiger charge is -2.20. The smallest absolute Gasteiger partial charge is 0.207 e. The van der Waals surface area contributed by atoms with Crippen molar-refractivity contribution >= 4 is 44.8 Å². The molecule has 18 heavy (non-hydrogen) atoms. The SMILES string of the molecule is CCCN(CCCl)S(=O)(=O)c1cc(Cl)cc(Cl)c1. The van der Waals surface area contributed by atoms with Crippen molar-refractivity contribution in [3.05, 3.63) is 28.2 Å². The Morgan fingerprint density at radius 2 is 1.67 bits per heavy atom. The van der Waals surface area contributed by atoms with Gasteiger partial charge >= 0.3 is 0 Å². The van der Waals surface area contributed by atoms with E-state index >= 15 is 0 Å². The van der Waals surface area contributed by atoms with Gasteiger partial charge in [0, 0.05) is 29.0 Å². The minimum atomic E-state index is -3.59. The summed E-state index contributed by atoms with van der Waals surface area (Å²) in [7, 11) is -3.59. The highest BCUT2D eigenvalue weighted by Crippen LogP contribution is 2.24. The predicted molar refractivity (Wildman–Crippen MR) is 76.2 cm³/mol. The Bertz CT molecular complexity index is 479. The van der Waals surface area contributed by atoms with Crippen LogP contribution < -0.4 is 0 Å². The standard InChI is InChI=1S/C11H14Cl3NO2S/c1-2-4-15(5-3-12)18(16,17)11-7-9(13)6-10(14)8-11/h6-8H,2-5H2,1H3. The zero-order chi connectivity index (χ0) is 13.8. The quantitative estimate of drug-likeness (QED) is 0.747. The highest BCUT2D eigenvalue weighted by molar-refractivity contribution is 7.89. The van der Waals surface area contributed by atoms with Crippen LogP contribution in [-0.2, 0) is 10.0 Å². The predicted octanol–water partition coefficient (Wildman–Crippen LogP) is 3.63. The van der Waals surface area contributed by atoms with Crippen LogP contribution in [0.4, 0.5) is 0 Å². The van der Waals surface area contributed by atoms with Crippen molar-refractivity contribution in [2.24, 2.45) is 0 Å². The van der Waals surface area contributed by atoms with Crippen LogP contribution >= 0.6 is 34.8 Å². The van der Waals surface area contributed by atoms with Gasteiger partial charge in [0.15, 0.2) is 0 Å². The molecule has 1 rings (SSSR count). The summed E-state index contributed by atoms with van der Waals surface area (Å²) in [5, 5.41) is 0.590. The largest absolute Gasteiger partial charge is 0.243 e. The minimum absolute atomic E-state index is 0.0959. The van der Waals surface area contributed by atoms with Crippen molar-refractivity contribution < 1.29 is 8.42 Å². The van der Waals surface area contributed by atoms with E-state index in [4.69, 9.17) is 34.8 Å². The molecule has 0 amide bonds. The summed E-state index contributed by atoms with van der Waals surface area (Å²) in [6, 6.07) is 4.27. The molecule has 0 bridgehead atoms. The lowest BCUT2D eigenvalue weighted by atomic mass is 10.4. The lowest BCUT2D eigenvalue weighted by molar-refractivity contribution is 0.428. The first-order valence-corrected chi connectivity index (χ1v) is 8.17. The summed E-state index contributed by atoms with van der Waals surface area (Å²) in [6.45, 7) is 2.59. The monoisotopic (exact) mass is 329 g/mol. The maximum Gasteiger partial charge on any atom is 0.243 e. The minimum Gasteiger partial charge on any atom is -0.207 e. The van der Waals surface area contributed by atoms with Crippen molar-refractivity contribution in [3.8, 4) is 0 Å². The number of hydrogen-bond donors (Lipinski definition) is 0. The summed E-state index contributed by atoms with van der Waals surface area (Å²) < 4.78 is 26.1. The Balaban J connectivity index is 3.17. The molecule has 0 heterocycles. The highest BCUT2D eigenvalue weighted by Gasteiger charge is 2.23. The van der Waals surface area contributed by atoms with Crippen LogP contribution in [0.2, 0.25) is 10.0 Å². The molecular formula is C11H14Cl3NO2S. The average molecular weight is 331 g/mol. The molecule has 0 aliphatic carbocycles. The molecule has 0 atom stereocenters. The molecule has 102 valence electrons. The van der Waals surface area contributed by atoms with E-state index in [2.05, 4.69) is 0 Å². The number of halogens is 3. The molecule has 0 aliphatic rings. The van der Waals surface area contributed by atoms with Crippen LogP contribution in [-0.4, -0.2) is 31.7 Å². The fourth-order valence-electron chi connectivity index (χ4n) is 1.52. The number of sulfonamides is 1. The Hall–Kier alpha value is -0.000000000000000111. The zero-order valence-electron chi connectivity index (χ0n) is 9.87. The molecule has 0 unspecified atom stereocenters. The summed E-state index contributed by atoms with van der Waals surface area (Å²) in [5.74, 6) is 0.244. The van der Waals surface area contributed by atoms with E-state index in [0.717, 1.165) is 0 Å². The number of alkyl halides is 1. The van der Waals surface area contributed by atoms with Crippen LogP contribution in [0.3, 0.4) is 0 Å². The first-order valence-electron chi connectivity index (χ1n) is 5.44. The Labute approximate surface area is 123 Å². The fourth-order valence-corrected chi connectivity index (χ4v) is 4.09. The third-order valence-corrected chi connectivity index (χ3v) is 4.76. The summed E-state index contributed by atoms with van der Waals surface area (Å²) in [5.41, 5.74) is 0. The molecule has 0 fully saturated rings. The second-order valence-electron chi connectivity index (χ2n) is 3.70. The Morgan fingerprint density at radius 1 is 1.11 bits per heavy atom. The maximum atomic E-state index is 12.4. The first-order chi connectivity index (χ1) is 8.41. The molecular weight excluding hydrogens is 317 g/mol. The van der Waals surface area contributed by atoms with Gasteiger partial charge in [0.25, 0.3) is 0 Å². The number of benzene rings is 1. The fraction of sp³-hybridized carbons (Fsp3) is 0.455. The van der Waals surface area contributed by atoms with Crippen LogP contribution in [0.15, 0.2) is 23.1 Å². The molecule has 0 saturated carbocycles. The van der Waals surface area contributed by atoms with Crippen molar-refractivity contribution in [1.82, 2.24) is 4.31 Å². The normalized spacial score (nSPS) is 12.1. The second-order valence-corrected chi connectivity index (χ2v) is 6.89. The topological polar surface area (TPSA) is 37.4 Å². The van der Waals surface area contributed by atoms with Crippen LogP contribution in [0, 0.1) is 0 Å². The van der Waals surface area contributed by atoms with E-state index in [1.54, 1.807) is 0 Å². The van der Waals surface area contributed by atoms with Gasteiger partial charge in [-0.2, -0.15) is 4.31 Å². The van der Waals surface area contributed by atoms with Crippen molar-refractivity contribution in [1.29, 1.82) is 0 Å². The summed E-state index contributed by atoms with van der Waals surface area (Å²) in [6.07, 6.45) is 0.713. The molecule has 1 aromatic carbocycles. The lowest BCUT2D eigenvalue weighted by Crippen LogP contribution is -2.33. The number of hydrogen-bond acceptors (Lipinski definition) is 2. The summed E-state index contributed by atoms with van der Waals surface area (Å²) in [4.78, 5) is 0.0959. The number of nitrogens with zero attached hydrogens (tertiary/aromatic N) is 1. The number of rotatable bonds is 6. The van der Waals surface area contributed by atoms with Gasteiger partial charge in [-0.25, -0.2) is 8.42 Å². The average Bonchev–Trinajstić information content (AvgIpc) is 2.27. The zero-order valence-corrected chi connectivity index (χ0v) is 13.0. The van der Waals surface area contributed by atoms with Gasteiger partial charge in [-0.1, -0.05) is 30.1 Å².